The van der Waals surface area contributed by atoms with E-state index in [1.807, 2.05) is 31.2 Å². The van der Waals surface area contributed by atoms with Crippen LogP contribution in [0.15, 0.2) is 48.5 Å². The number of hydrogen-bond donors (Lipinski definition) is 0. The first-order valence-corrected chi connectivity index (χ1v) is 5.57. The van der Waals surface area contributed by atoms with Crippen LogP contribution in [0.2, 0.25) is 0 Å². The van der Waals surface area contributed by atoms with Gasteiger partial charge in [-0.3, -0.25) is 0 Å². The molecule has 0 aliphatic rings. The Morgan fingerprint density at radius 3 is 1.56 bits per heavy atom. The first-order valence-electron chi connectivity index (χ1n) is 5.57. The van der Waals surface area contributed by atoms with Gasteiger partial charge in [0.1, 0.15) is 0 Å². The van der Waals surface area contributed by atoms with Crippen molar-refractivity contribution >= 4 is 0 Å². The van der Waals surface area contributed by atoms with E-state index >= 15 is 0 Å². The zero-order valence-electron chi connectivity index (χ0n) is 11.4. The molecule has 0 aliphatic heterocycles. The van der Waals surface area contributed by atoms with Crippen molar-refractivity contribution in [3.63, 3.8) is 0 Å². The molecule has 1 nitrogen and oxygen atoms in total. The minimum atomic E-state index is 0. The van der Waals surface area contributed by atoms with E-state index in [-0.39, 0.29) is 22.4 Å². The van der Waals surface area contributed by atoms with Gasteiger partial charge < -0.3 is 36.8 Å². The van der Waals surface area contributed by atoms with Crippen molar-refractivity contribution in [2.24, 2.45) is 0 Å². The molecule has 1 radical (unpaired) electrons. The molecule has 0 aromatic heterocycles. The molecule has 18 heavy (non-hydrogen) atoms. The second kappa shape index (κ2) is 18.5. The molecule has 0 N–H and O–H groups in total. The third kappa shape index (κ3) is 17.6. The van der Waals surface area contributed by atoms with Crippen molar-refractivity contribution in [1.82, 2.24) is 0 Å². The molecule has 0 bridgehead atoms. The smallest absolute Gasteiger partial charge is 0 e. The monoisotopic (exact) mass is 410 g/mol. The molecule has 2 heteroatoms. The summed E-state index contributed by atoms with van der Waals surface area (Å²) in [6.07, 6.45) is 1.00. The van der Waals surface area contributed by atoms with Crippen molar-refractivity contribution in [3.8, 4) is 0 Å². The Balaban J connectivity index is -0.000000179. The van der Waals surface area contributed by atoms with E-state index in [9.17, 15) is 0 Å². The molecular weight excluding hydrogens is 389 g/mol. The number of aryl methyl sites for hydroxylation is 2. The van der Waals surface area contributed by atoms with Gasteiger partial charge in [0.15, 0.2) is 0 Å². The third-order valence-corrected chi connectivity index (χ3v) is 1.66. The summed E-state index contributed by atoms with van der Waals surface area (Å²) in [4.78, 5) is 0. The van der Waals surface area contributed by atoms with Gasteiger partial charge in [-0.25, -0.2) is 19.1 Å². The van der Waals surface area contributed by atoms with E-state index in [4.69, 9.17) is 4.65 Å². The average molecular weight is 410 g/mol. The number of rotatable bonds is 0. The van der Waals surface area contributed by atoms with E-state index in [0.717, 1.165) is 6.42 Å². The summed E-state index contributed by atoms with van der Waals surface area (Å²) >= 11 is 0. The van der Waals surface area contributed by atoms with Crippen molar-refractivity contribution < 1.29 is 27.0 Å². The van der Waals surface area contributed by atoms with Gasteiger partial charge in [0, 0.05) is 22.4 Å². The summed E-state index contributed by atoms with van der Waals surface area (Å²) in [7, 11) is 0. The third-order valence-electron chi connectivity index (χ3n) is 1.66. The van der Waals surface area contributed by atoms with Gasteiger partial charge in [-0.2, -0.15) is 24.1 Å². The second-order valence-electron chi connectivity index (χ2n) is 3.42. The summed E-state index contributed by atoms with van der Waals surface area (Å²) in [5.74, 6) is 0. The van der Waals surface area contributed by atoms with Crippen molar-refractivity contribution in [1.29, 1.82) is 0 Å². The van der Waals surface area contributed by atoms with E-state index in [1.165, 1.54) is 11.1 Å². The molecule has 103 valence electrons. The molecule has 0 aliphatic carbocycles. The fraction of sp³-hybridized carbons (Fsp3) is 0.250. The summed E-state index contributed by atoms with van der Waals surface area (Å²) in [5, 5.41) is 0. The van der Waals surface area contributed by atoms with Gasteiger partial charge in [-0.1, -0.05) is 13.8 Å². The maximum atomic E-state index is 7.50. The van der Waals surface area contributed by atoms with Gasteiger partial charge in [0.2, 0.25) is 0 Å². The molecule has 0 atom stereocenters. The Morgan fingerprint density at radius 1 is 1.11 bits per heavy atom. The fourth-order valence-corrected chi connectivity index (χ4v) is 0.940. The molecule has 2 aromatic rings. The van der Waals surface area contributed by atoms with Gasteiger partial charge in [-0.15, -0.1) is 0 Å². The Morgan fingerprint density at radius 2 is 1.44 bits per heavy atom. The molecule has 0 saturated carbocycles. The molecular formula is C16H21OTa-7. The van der Waals surface area contributed by atoms with Gasteiger partial charge in [0.25, 0.3) is 0 Å². The van der Waals surface area contributed by atoms with Gasteiger partial charge in [0.05, 0.1) is 0 Å². The first-order chi connectivity index (χ1) is 8.20. The average Bonchev–Trinajstić information content (AvgIpc) is 2.97. The van der Waals surface area contributed by atoms with Crippen LogP contribution in [0.1, 0.15) is 24.5 Å². The van der Waals surface area contributed by atoms with Crippen LogP contribution in [0.4, 0.5) is 0 Å². The van der Waals surface area contributed by atoms with Crippen LogP contribution in [0.3, 0.4) is 0 Å². The second-order valence-corrected chi connectivity index (χ2v) is 3.42. The van der Waals surface area contributed by atoms with E-state index in [0.29, 0.717) is 0 Å². The molecule has 2 aromatic carbocycles. The van der Waals surface area contributed by atoms with E-state index < -0.39 is 0 Å². The predicted molar refractivity (Wildman–Crippen MR) is 73.1 cm³/mol. The van der Waals surface area contributed by atoms with E-state index in [2.05, 4.69) is 51.7 Å². The van der Waals surface area contributed by atoms with Gasteiger partial charge >= 0.3 is 11.3 Å². The zero-order chi connectivity index (χ0) is 13.5. The van der Waals surface area contributed by atoms with Crippen molar-refractivity contribution in [3.05, 3.63) is 73.2 Å². The maximum Gasteiger partial charge on any atom is 0 e. The SMILES string of the molecule is C[c-]1[cH-][cH-][cH-][cH-]1.C[c-]1cccc1.[C-]#[O+].[CH2-]CC.[Ta]. The van der Waals surface area contributed by atoms with E-state index in [1.54, 1.807) is 0 Å². The van der Waals surface area contributed by atoms with Crippen molar-refractivity contribution in [2.45, 2.75) is 27.2 Å². The molecule has 0 heterocycles. The topological polar surface area (TPSA) is 19.9 Å². The molecule has 2 rings (SSSR count). The summed E-state index contributed by atoms with van der Waals surface area (Å²) in [6, 6.07) is 16.5. The Bertz CT molecular complexity index is 298. The van der Waals surface area contributed by atoms with Crippen molar-refractivity contribution in [2.75, 3.05) is 0 Å². The largest absolute Gasteiger partial charge is 0.344 e. The molecule has 0 spiro atoms. The maximum absolute atomic E-state index is 7.50. The minimum Gasteiger partial charge on any atom is -0.344 e. The summed E-state index contributed by atoms with van der Waals surface area (Å²) in [6.45, 7) is 14.2. The first kappa shape index (κ1) is 22.4. The standard InChI is InChI=1S/2C6H7.C3H7.CO.Ta/c2*1-6-4-2-3-5-6;1-3-2;1-2;/h2*2-5H,1H3;1,3H2,2H3;;/q-5;2*-1;;. The number of hydrogen-bond acceptors (Lipinski definition) is 0. The fourth-order valence-electron chi connectivity index (χ4n) is 0.940. The summed E-state index contributed by atoms with van der Waals surface area (Å²) < 4.78 is 7.50. The zero-order valence-corrected chi connectivity index (χ0v) is 14.6. The molecule has 0 amide bonds. The molecule has 0 saturated heterocycles. The molecule has 0 fully saturated rings. The molecule has 0 unspecified atom stereocenters. The normalized spacial score (nSPS) is 7.00. The van der Waals surface area contributed by atoms with Gasteiger partial charge in [-0.05, 0) is 0 Å². The van der Waals surface area contributed by atoms with Crippen LogP contribution in [0.5, 0.6) is 0 Å². The Labute approximate surface area is 127 Å². The Kier molecular flexibility index (Phi) is 23.0. The van der Waals surface area contributed by atoms with Crippen LogP contribution < -0.4 is 0 Å². The summed E-state index contributed by atoms with van der Waals surface area (Å²) in [5.41, 5.74) is 2.69. The van der Waals surface area contributed by atoms with Crippen LogP contribution in [-0.4, -0.2) is 0 Å². The van der Waals surface area contributed by atoms with Crippen LogP contribution >= 0.6 is 0 Å². The predicted octanol–water partition coefficient (Wildman–Crippen LogP) is 4.62. The Hall–Kier alpha value is -0.820. The van der Waals surface area contributed by atoms with Crippen LogP contribution in [0.25, 0.3) is 0 Å². The van der Waals surface area contributed by atoms with Crippen LogP contribution in [-0.2, 0) is 27.0 Å². The quantitative estimate of drug-likeness (QED) is 0.446. The minimum absolute atomic E-state index is 0. The van der Waals surface area contributed by atoms with Crippen LogP contribution in [0, 0.1) is 27.4 Å².